The molecular formula is C15H19N3O. The van der Waals surface area contributed by atoms with Gasteiger partial charge in [-0.1, -0.05) is 30.3 Å². The number of rotatable bonds is 6. The van der Waals surface area contributed by atoms with Crippen LogP contribution >= 0.6 is 0 Å². The van der Waals surface area contributed by atoms with Gasteiger partial charge in [-0.2, -0.15) is 0 Å². The predicted octanol–water partition coefficient (Wildman–Crippen LogP) is 2.06. The van der Waals surface area contributed by atoms with Crippen molar-refractivity contribution in [2.75, 3.05) is 25.1 Å². The summed E-state index contributed by atoms with van der Waals surface area (Å²) in [4.78, 5) is 6.54. The molecule has 1 aromatic carbocycles. The highest BCUT2D eigenvalue weighted by molar-refractivity contribution is 5.52. The molecule has 2 rings (SSSR count). The van der Waals surface area contributed by atoms with Crippen molar-refractivity contribution in [2.24, 2.45) is 5.73 Å². The Morgan fingerprint density at radius 2 is 1.95 bits per heavy atom. The van der Waals surface area contributed by atoms with Crippen molar-refractivity contribution in [2.45, 2.75) is 6.54 Å². The van der Waals surface area contributed by atoms with Gasteiger partial charge in [0.05, 0.1) is 7.11 Å². The summed E-state index contributed by atoms with van der Waals surface area (Å²) in [5, 5.41) is 0. The smallest absolute Gasteiger partial charge is 0.171 e. The fourth-order valence-corrected chi connectivity index (χ4v) is 2.00. The average molecular weight is 257 g/mol. The van der Waals surface area contributed by atoms with Crippen LogP contribution in [0.1, 0.15) is 5.56 Å². The summed E-state index contributed by atoms with van der Waals surface area (Å²) in [5.74, 6) is 1.60. The topological polar surface area (TPSA) is 51.4 Å². The van der Waals surface area contributed by atoms with E-state index in [-0.39, 0.29) is 0 Å². The second-order valence-corrected chi connectivity index (χ2v) is 4.23. The lowest BCUT2D eigenvalue weighted by Gasteiger charge is -2.24. The van der Waals surface area contributed by atoms with Crippen molar-refractivity contribution < 1.29 is 4.74 Å². The van der Waals surface area contributed by atoms with Gasteiger partial charge in [0.1, 0.15) is 0 Å². The van der Waals surface area contributed by atoms with E-state index in [1.165, 1.54) is 5.56 Å². The zero-order chi connectivity index (χ0) is 13.5. The van der Waals surface area contributed by atoms with Crippen LogP contribution in [0.2, 0.25) is 0 Å². The molecule has 4 heteroatoms. The highest BCUT2D eigenvalue weighted by Crippen LogP contribution is 2.25. The number of methoxy groups -OCH3 is 1. The number of anilines is 1. The van der Waals surface area contributed by atoms with E-state index in [1.807, 2.05) is 30.3 Å². The largest absolute Gasteiger partial charge is 0.493 e. The lowest BCUT2D eigenvalue weighted by molar-refractivity contribution is 0.412. The molecule has 0 aliphatic carbocycles. The Balaban J connectivity index is 2.24. The van der Waals surface area contributed by atoms with Crippen molar-refractivity contribution in [3.63, 3.8) is 0 Å². The number of nitrogens with zero attached hydrogens (tertiary/aromatic N) is 2. The molecule has 0 fully saturated rings. The van der Waals surface area contributed by atoms with E-state index in [1.54, 1.807) is 13.3 Å². The van der Waals surface area contributed by atoms with Gasteiger partial charge < -0.3 is 15.4 Å². The molecule has 19 heavy (non-hydrogen) atoms. The molecule has 1 aromatic heterocycles. The molecule has 4 nitrogen and oxygen atoms in total. The predicted molar refractivity (Wildman–Crippen MR) is 77.3 cm³/mol. The minimum Gasteiger partial charge on any atom is -0.493 e. The number of hydrogen-bond acceptors (Lipinski definition) is 4. The van der Waals surface area contributed by atoms with Crippen LogP contribution in [0.5, 0.6) is 5.75 Å². The maximum Gasteiger partial charge on any atom is 0.171 e. The number of pyridine rings is 1. The zero-order valence-corrected chi connectivity index (χ0v) is 11.1. The van der Waals surface area contributed by atoms with Crippen LogP contribution in [0.4, 0.5) is 5.82 Å². The van der Waals surface area contributed by atoms with Gasteiger partial charge in [-0.05, 0) is 17.7 Å². The van der Waals surface area contributed by atoms with Gasteiger partial charge in [0, 0.05) is 25.8 Å². The van der Waals surface area contributed by atoms with Crippen LogP contribution < -0.4 is 15.4 Å². The number of benzene rings is 1. The Morgan fingerprint density at radius 1 is 1.16 bits per heavy atom. The van der Waals surface area contributed by atoms with Gasteiger partial charge in [-0.25, -0.2) is 4.98 Å². The summed E-state index contributed by atoms with van der Waals surface area (Å²) in [7, 11) is 1.66. The summed E-state index contributed by atoms with van der Waals surface area (Å²) < 4.78 is 5.37. The van der Waals surface area contributed by atoms with Crippen LogP contribution in [0.3, 0.4) is 0 Å². The molecule has 0 saturated heterocycles. The first-order valence-corrected chi connectivity index (χ1v) is 6.33. The number of ether oxygens (including phenoxy) is 1. The first kappa shape index (κ1) is 13.4. The van der Waals surface area contributed by atoms with Gasteiger partial charge >= 0.3 is 0 Å². The molecule has 0 aliphatic heterocycles. The van der Waals surface area contributed by atoms with Gasteiger partial charge in [0.15, 0.2) is 11.6 Å². The van der Waals surface area contributed by atoms with E-state index in [4.69, 9.17) is 10.5 Å². The molecule has 0 unspecified atom stereocenters. The van der Waals surface area contributed by atoms with Crippen LogP contribution in [0, 0.1) is 0 Å². The molecule has 0 amide bonds. The Bertz CT molecular complexity index is 502. The summed E-state index contributed by atoms with van der Waals surface area (Å²) in [6.45, 7) is 2.08. The third-order valence-electron chi connectivity index (χ3n) is 2.89. The van der Waals surface area contributed by atoms with E-state index in [9.17, 15) is 0 Å². The molecule has 0 radical (unpaired) electrons. The number of nitrogens with two attached hydrogens (primary N) is 1. The normalized spacial score (nSPS) is 10.2. The summed E-state index contributed by atoms with van der Waals surface area (Å²) in [6.07, 6.45) is 1.77. The van der Waals surface area contributed by atoms with Crippen LogP contribution in [0.15, 0.2) is 48.7 Å². The monoisotopic (exact) mass is 257 g/mol. The van der Waals surface area contributed by atoms with Gasteiger partial charge in [0.25, 0.3) is 0 Å². The van der Waals surface area contributed by atoms with E-state index < -0.39 is 0 Å². The molecule has 0 bridgehead atoms. The Hall–Kier alpha value is -2.07. The van der Waals surface area contributed by atoms with E-state index in [0.717, 1.165) is 24.7 Å². The zero-order valence-electron chi connectivity index (χ0n) is 11.1. The quantitative estimate of drug-likeness (QED) is 0.860. The third-order valence-corrected chi connectivity index (χ3v) is 2.89. The standard InChI is InChI=1S/C15H19N3O/c1-19-14-8-5-10-17-15(14)18(11-9-16)12-13-6-3-2-4-7-13/h2-8,10H,9,11-12,16H2,1H3. The van der Waals surface area contributed by atoms with E-state index in [2.05, 4.69) is 22.0 Å². The summed E-state index contributed by atoms with van der Waals surface area (Å²) in [5.41, 5.74) is 6.93. The number of hydrogen-bond donors (Lipinski definition) is 1. The summed E-state index contributed by atoms with van der Waals surface area (Å²) >= 11 is 0. The van der Waals surface area contributed by atoms with Crippen LogP contribution in [0.25, 0.3) is 0 Å². The number of aromatic nitrogens is 1. The maximum absolute atomic E-state index is 5.70. The average Bonchev–Trinajstić information content (AvgIpc) is 2.48. The first-order valence-electron chi connectivity index (χ1n) is 6.33. The van der Waals surface area contributed by atoms with Gasteiger partial charge in [-0.15, -0.1) is 0 Å². The van der Waals surface area contributed by atoms with E-state index in [0.29, 0.717) is 6.54 Å². The molecule has 0 saturated carbocycles. The minimum absolute atomic E-state index is 0.576. The highest BCUT2D eigenvalue weighted by Gasteiger charge is 2.12. The van der Waals surface area contributed by atoms with Crippen LogP contribution in [-0.2, 0) is 6.54 Å². The molecule has 0 spiro atoms. The Labute approximate surface area is 113 Å². The van der Waals surface area contributed by atoms with E-state index >= 15 is 0 Å². The Kier molecular flexibility index (Phi) is 4.75. The van der Waals surface area contributed by atoms with Crippen LogP contribution in [-0.4, -0.2) is 25.2 Å². The maximum atomic E-state index is 5.70. The van der Waals surface area contributed by atoms with Crippen molar-refractivity contribution in [1.29, 1.82) is 0 Å². The summed E-state index contributed by atoms with van der Waals surface area (Å²) in [6, 6.07) is 14.1. The van der Waals surface area contributed by atoms with Gasteiger partial charge in [-0.3, -0.25) is 0 Å². The minimum atomic E-state index is 0.576. The Morgan fingerprint density at radius 3 is 2.63 bits per heavy atom. The molecule has 0 atom stereocenters. The lowest BCUT2D eigenvalue weighted by atomic mass is 10.2. The molecular weight excluding hydrogens is 238 g/mol. The molecule has 1 heterocycles. The highest BCUT2D eigenvalue weighted by atomic mass is 16.5. The van der Waals surface area contributed by atoms with Crippen molar-refractivity contribution >= 4 is 5.82 Å². The third kappa shape index (κ3) is 3.45. The van der Waals surface area contributed by atoms with Crippen molar-refractivity contribution in [1.82, 2.24) is 4.98 Å². The molecule has 0 aliphatic rings. The molecule has 100 valence electrons. The first-order chi connectivity index (χ1) is 9.35. The van der Waals surface area contributed by atoms with Crippen molar-refractivity contribution in [3.8, 4) is 5.75 Å². The molecule has 2 aromatic rings. The SMILES string of the molecule is COc1cccnc1N(CCN)Cc1ccccc1. The second kappa shape index (κ2) is 6.75. The molecule has 2 N–H and O–H groups in total. The fraction of sp³-hybridized carbons (Fsp3) is 0.267. The van der Waals surface area contributed by atoms with Gasteiger partial charge in [0.2, 0.25) is 0 Å². The van der Waals surface area contributed by atoms with Crippen molar-refractivity contribution in [3.05, 3.63) is 54.2 Å². The second-order valence-electron chi connectivity index (χ2n) is 4.23. The lowest BCUT2D eigenvalue weighted by Crippen LogP contribution is -2.30. The fourth-order valence-electron chi connectivity index (χ4n) is 2.00.